The molecular formula is C10H14IN3O. The molecule has 2 N–H and O–H groups in total. The summed E-state index contributed by atoms with van der Waals surface area (Å²) in [4.78, 5) is 16.8. The van der Waals surface area contributed by atoms with Crippen molar-refractivity contribution in [2.24, 2.45) is 0 Å². The fourth-order valence-electron chi connectivity index (χ4n) is 1.82. The molecule has 1 aliphatic rings. The van der Waals surface area contributed by atoms with Crippen LogP contribution in [0.5, 0.6) is 0 Å². The summed E-state index contributed by atoms with van der Waals surface area (Å²) in [5, 5.41) is 3.26. The molecule has 2 heterocycles. The molecule has 4 nitrogen and oxygen atoms in total. The minimum Gasteiger partial charge on any atom is -0.356 e. The van der Waals surface area contributed by atoms with Gasteiger partial charge in [0, 0.05) is 29.4 Å². The van der Waals surface area contributed by atoms with E-state index in [9.17, 15) is 4.79 Å². The molecule has 0 spiro atoms. The average Bonchev–Trinajstić information content (AvgIpc) is 2.85. The van der Waals surface area contributed by atoms with Crippen LogP contribution in [-0.4, -0.2) is 42.0 Å². The third-order valence-corrected chi connectivity index (χ3v) is 3.40. The van der Waals surface area contributed by atoms with Crippen LogP contribution in [0.2, 0.25) is 0 Å². The Morgan fingerprint density at radius 3 is 3.00 bits per heavy atom. The van der Waals surface area contributed by atoms with Gasteiger partial charge in [-0.25, -0.2) is 0 Å². The number of carbonyl (C=O) groups is 1. The quantitative estimate of drug-likeness (QED) is 0.801. The van der Waals surface area contributed by atoms with E-state index in [4.69, 9.17) is 0 Å². The van der Waals surface area contributed by atoms with Gasteiger partial charge >= 0.3 is 0 Å². The second-order valence-electron chi connectivity index (χ2n) is 3.79. The predicted octanol–water partition coefficient (Wildman–Crippen LogP) is 1.05. The number of hydrogen-bond acceptors (Lipinski definition) is 2. The molecule has 0 radical (unpaired) electrons. The zero-order valence-corrected chi connectivity index (χ0v) is 10.7. The van der Waals surface area contributed by atoms with Gasteiger partial charge in [0.2, 0.25) is 0 Å². The van der Waals surface area contributed by atoms with E-state index in [0.29, 0.717) is 11.7 Å². The lowest BCUT2D eigenvalue weighted by molar-refractivity contribution is 0.0738. The smallest absolute Gasteiger partial charge is 0.270 e. The van der Waals surface area contributed by atoms with E-state index in [-0.39, 0.29) is 5.91 Å². The van der Waals surface area contributed by atoms with Gasteiger partial charge in [-0.3, -0.25) is 4.79 Å². The molecular weight excluding hydrogens is 305 g/mol. The number of aromatic nitrogens is 1. The zero-order chi connectivity index (χ0) is 10.8. The van der Waals surface area contributed by atoms with Crippen molar-refractivity contribution in [1.29, 1.82) is 0 Å². The molecule has 1 aliphatic heterocycles. The molecule has 0 bridgehead atoms. The van der Waals surface area contributed by atoms with E-state index in [0.717, 1.165) is 23.1 Å². The third-order valence-electron chi connectivity index (χ3n) is 2.78. The monoisotopic (exact) mass is 319 g/mol. The molecule has 1 saturated heterocycles. The standard InChI is InChI=1S/C10H14IN3O/c1-14(8-2-3-12-6-8)10(15)9-4-7(11)5-13-9/h4-5,8,12-13H,2-3,6H2,1H3. The summed E-state index contributed by atoms with van der Waals surface area (Å²) < 4.78 is 1.06. The molecule has 82 valence electrons. The van der Waals surface area contributed by atoms with E-state index in [1.165, 1.54) is 0 Å². The Kier molecular flexibility index (Phi) is 3.30. The van der Waals surface area contributed by atoms with Gasteiger partial charge in [0.25, 0.3) is 5.91 Å². The van der Waals surface area contributed by atoms with E-state index < -0.39 is 0 Å². The largest absolute Gasteiger partial charge is 0.356 e. The lowest BCUT2D eigenvalue weighted by atomic mass is 10.2. The summed E-state index contributed by atoms with van der Waals surface area (Å²) in [5.41, 5.74) is 0.675. The summed E-state index contributed by atoms with van der Waals surface area (Å²) in [5.74, 6) is 0.0756. The van der Waals surface area contributed by atoms with Gasteiger partial charge < -0.3 is 15.2 Å². The molecule has 2 rings (SSSR count). The third kappa shape index (κ3) is 2.34. The molecule has 1 aromatic heterocycles. The van der Waals surface area contributed by atoms with Gasteiger partial charge in [0.05, 0.1) is 0 Å². The highest BCUT2D eigenvalue weighted by Crippen LogP contribution is 2.12. The fourth-order valence-corrected chi connectivity index (χ4v) is 2.28. The van der Waals surface area contributed by atoms with Crippen LogP contribution in [0, 0.1) is 3.57 Å². The number of rotatable bonds is 2. The second kappa shape index (κ2) is 4.52. The van der Waals surface area contributed by atoms with Crippen molar-refractivity contribution in [3.8, 4) is 0 Å². The van der Waals surface area contributed by atoms with Crippen LogP contribution in [0.15, 0.2) is 12.3 Å². The molecule has 15 heavy (non-hydrogen) atoms. The van der Waals surface area contributed by atoms with Crippen LogP contribution in [0.1, 0.15) is 16.9 Å². The molecule has 0 saturated carbocycles. The lowest BCUT2D eigenvalue weighted by Gasteiger charge is -2.23. The van der Waals surface area contributed by atoms with Crippen LogP contribution in [0.25, 0.3) is 0 Å². The number of nitrogens with one attached hydrogen (secondary N) is 2. The van der Waals surface area contributed by atoms with Crippen LogP contribution < -0.4 is 5.32 Å². The number of H-pyrrole nitrogens is 1. The molecule has 1 fully saturated rings. The topological polar surface area (TPSA) is 48.1 Å². The summed E-state index contributed by atoms with van der Waals surface area (Å²) in [6.45, 7) is 1.91. The maximum absolute atomic E-state index is 12.0. The first kappa shape index (κ1) is 10.9. The second-order valence-corrected chi connectivity index (χ2v) is 5.04. The minimum absolute atomic E-state index is 0.0756. The van der Waals surface area contributed by atoms with E-state index >= 15 is 0 Å². The first-order valence-electron chi connectivity index (χ1n) is 5.00. The molecule has 1 unspecified atom stereocenters. The van der Waals surface area contributed by atoms with Gasteiger partial charge in [-0.1, -0.05) is 0 Å². The van der Waals surface area contributed by atoms with Crippen molar-refractivity contribution in [3.63, 3.8) is 0 Å². The van der Waals surface area contributed by atoms with E-state index in [1.54, 1.807) is 0 Å². The molecule has 1 aromatic rings. The number of hydrogen-bond donors (Lipinski definition) is 2. The van der Waals surface area contributed by atoms with Gasteiger partial charge in [-0.2, -0.15) is 0 Å². The highest BCUT2D eigenvalue weighted by atomic mass is 127. The van der Waals surface area contributed by atoms with Crippen molar-refractivity contribution in [2.75, 3.05) is 20.1 Å². The number of amides is 1. The van der Waals surface area contributed by atoms with E-state index in [1.807, 2.05) is 24.2 Å². The number of likely N-dealkylation sites (N-methyl/N-ethyl adjacent to an activating group) is 1. The molecule has 1 amide bonds. The summed E-state index contributed by atoms with van der Waals surface area (Å²) >= 11 is 2.19. The number of aromatic amines is 1. The van der Waals surface area contributed by atoms with Crippen molar-refractivity contribution in [2.45, 2.75) is 12.5 Å². The molecule has 5 heteroatoms. The summed E-state index contributed by atoms with van der Waals surface area (Å²) in [7, 11) is 1.87. The number of halogens is 1. The maximum Gasteiger partial charge on any atom is 0.270 e. The Labute approximate surface area is 103 Å². The zero-order valence-electron chi connectivity index (χ0n) is 8.59. The van der Waals surface area contributed by atoms with Gasteiger partial charge in [0.15, 0.2) is 0 Å². The van der Waals surface area contributed by atoms with Crippen LogP contribution in [-0.2, 0) is 0 Å². The highest BCUT2D eigenvalue weighted by molar-refractivity contribution is 14.1. The average molecular weight is 319 g/mol. The van der Waals surface area contributed by atoms with Crippen molar-refractivity contribution in [1.82, 2.24) is 15.2 Å². The molecule has 0 aliphatic carbocycles. The lowest BCUT2D eigenvalue weighted by Crippen LogP contribution is -2.38. The Balaban J connectivity index is 2.06. The fraction of sp³-hybridized carbons (Fsp3) is 0.500. The van der Waals surface area contributed by atoms with Gasteiger partial charge in [0.1, 0.15) is 5.69 Å². The SMILES string of the molecule is CN(C(=O)c1cc(I)c[nH]1)C1CCNC1. The minimum atomic E-state index is 0.0756. The Morgan fingerprint density at radius 2 is 2.47 bits per heavy atom. The Morgan fingerprint density at radius 1 is 1.67 bits per heavy atom. The first-order chi connectivity index (χ1) is 7.18. The van der Waals surface area contributed by atoms with Crippen molar-refractivity contribution >= 4 is 28.5 Å². The van der Waals surface area contributed by atoms with Crippen molar-refractivity contribution < 1.29 is 4.79 Å². The predicted molar refractivity (Wildman–Crippen MR) is 66.9 cm³/mol. The Bertz CT molecular complexity index is 357. The van der Waals surface area contributed by atoms with Gasteiger partial charge in [-0.05, 0) is 41.6 Å². The maximum atomic E-state index is 12.0. The molecule has 1 atom stereocenters. The molecule has 0 aromatic carbocycles. The number of nitrogens with zero attached hydrogens (tertiary/aromatic N) is 1. The first-order valence-corrected chi connectivity index (χ1v) is 6.08. The van der Waals surface area contributed by atoms with Crippen LogP contribution in [0.4, 0.5) is 0 Å². The summed E-state index contributed by atoms with van der Waals surface area (Å²) in [6.07, 6.45) is 2.88. The van der Waals surface area contributed by atoms with Crippen molar-refractivity contribution in [3.05, 3.63) is 21.5 Å². The summed E-state index contributed by atoms with van der Waals surface area (Å²) in [6, 6.07) is 2.21. The van der Waals surface area contributed by atoms with E-state index in [2.05, 4.69) is 32.9 Å². The normalized spacial score (nSPS) is 20.5. The Hall–Kier alpha value is -0.560. The van der Waals surface area contributed by atoms with Gasteiger partial charge in [-0.15, -0.1) is 0 Å². The van der Waals surface area contributed by atoms with Crippen LogP contribution >= 0.6 is 22.6 Å². The highest BCUT2D eigenvalue weighted by Gasteiger charge is 2.24. The van der Waals surface area contributed by atoms with Crippen LogP contribution in [0.3, 0.4) is 0 Å². The number of carbonyl (C=O) groups excluding carboxylic acids is 1.